The molecule has 0 amide bonds. The van der Waals surface area contributed by atoms with E-state index in [0.717, 1.165) is 49.6 Å². The molecule has 2 aliphatic rings. The van der Waals surface area contributed by atoms with Gasteiger partial charge in [0.15, 0.2) is 0 Å². The Morgan fingerprint density at radius 2 is 2.04 bits per heavy atom. The molecule has 2 aromatic rings. The molecule has 0 aliphatic carbocycles. The van der Waals surface area contributed by atoms with Crippen LogP contribution in [0.4, 0.5) is 0 Å². The lowest BCUT2D eigenvalue weighted by Gasteiger charge is -2.32. The van der Waals surface area contributed by atoms with Crippen molar-refractivity contribution in [3.63, 3.8) is 0 Å². The summed E-state index contributed by atoms with van der Waals surface area (Å²) >= 11 is 3.55. The van der Waals surface area contributed by atoms with Gasteiger partial charge in [-0.3, -0.25) is 4.90 Å². The van der Waals surface area contributed by atoms with Gasteiger partial charge < -0.3 is 9.88 Å². The van der Waals surface area contributed by atoms with Gasteiger partial charge in [0.05, 0.1) is 6.54 Å². The Balaban J connectivity index is 1.39. The second-order valence-electron chi connectivity index (χ2n) is 6.92. The van der Waals surface area contributed by atoms with Crippen molar-refractivity contribution in [1.82, 2.24) is 25.0 Å². The number of aryl methyl sites for hydroxylation is 1. The molecule has 0 saturated carbocycles. The molecule has 1 fully saturated rings. The number of fused-ring (bicyclic) bond motifs is 1. The molecular formula is C18H24BrN5. The number of hydrogen-bond acceptors (Lipinski definition) is 4. The average molecular weight is 390 g/mol. The van der Waals surface area contributed by atoms with Crippen molar-refractivity contribution >= 4 is 15.9 Å². The van der Waals surface area contributed by atoms with Gasteiger partial charge in [-0.05, 0) is 56.1 Å². The fourth-order valence-corrected chi connectivity index (χ4v) is 4.32. The Morgan fingerprint density at radius 3 is 2.83 bits per heavy atom. The summed E-state index contributed by atoms with van der Waals surface area (Å²) in [5.41, 5.74) is 2.80. The van der Waals surface area contributed by atoms with Crippen molar-refractivity contribution < 1.29 is 0 Å². The van der Waals surface area contributed by atoms with E-state index in [2.05, 4.69) is 66.0 Å². The Hall–Kier alpha value is -1.24. The molecule has 0 radical (unpaired) electrons. The number of likely N-dealkylation sites (tertiary alicyclic amines) is 1. The molecule has 5 nitrogen and oxygen atoms in total. The van der Waals surface area contributed by atoms with Gasteiger partial charge in [0.2, 0.25) is 0 Å². The number of hydrogen-bond donors (Lipinski definition) is 1. The van der Waals surface area contributed by atoms with Crippen LogP contribution in [-0.4, -0.2) is 39.3 Å². The third-order valence-electron chi connectivity index (χ3n) is 5.30. The van der Waals surface area contributed by atoms with E-state index in [0.29, 0.717) is 5.92 Å². The van der Waals surface area contributed by atoms with Gasteiger partial charge in [0.25, 0.3) is 0 Å². The lowest BCUT2D eigenvalue weighted by atomic mass is 9.95. The molecule has 0 spiro atoms. The van der Waals surface area contributed by atoms with E-state index in [4.69, 9.17) is 0 Å². The highest BCUT2D eigenvalue weighted by Crippen LogP contribution is 2.29. The molecule has 1 N–H and O–H groups in total. The van der Waals surface area contributed by atoms with E-state index < -0.39 is 0 Å². The molecule has 4 rings (SSSR count). The van der Waals surface area contributed by atoms with E-state index in [1.54, 1.807) is 0 Å². The molecule has 2 aliphatic heterocycles. The van der Waals surface area contributed by atoms with E-state index >= 15 is 0 Å². The van der Waals surface area contributed by atoms with Gasteiger partial charge >= 0.3 is 0 Å². The summed E-state index contributed by atoms with van der Waals surface area (Å²) in [6, 6.07) is 6.59. The zero-order chi connectivity index (χ0) is 16.5. The summed E-state index contributed by atoms with van der Waals surface area (Å²) in [5, 5.41) is 12.2. The fraction of sp³-hybridized carbons (Fsp3) is 0.556. The van der Waals surface area contributed by atoms with Gasteiger partial charge in [-0.15, -0.1) is 10.2 Å². The second kappa shape index (κ2) is 6.94. The number of halogens is 1. The minimum atomic E-state index is 0.562. The molecule has 3 heterocycles. The molecule has 0 atom stereocenters. The van der Waals surface area contributed by atoms with E-state index in [1.165, 1.54) is 29.8 Å². The predicted octanol–water partition coefficient (Wildman–Crippen LogP) is 2.83. The standard InChI is InChI=1S/C18H24BrN5/c1-13-10-16(19)3-2-15(13)12-23-7-4-14(5-8-23)18-22-21-17-11-20-6-9-24(17)18/h2-3,10,14,20H,4-9,11-12H2,1H3. The summed E-state index contributed by atoms with van der Waals surface area (Å²) in [6.45, 7) is 8.42. The molecule has 1 aromatic heterocycles. The van der Waals surface area contributed by atoms with E-state index in [1.807, 2.05) is 0 Å². The molecule has 0 unspecified atom stereocenters. The molecule has 0 bridgehead atoms. The fourth-order valence-electron chi connectivity index (χ4n) is 3.84. The van der Waals surface area contributed by atoms with Crippen LogP contribution in [0.1, 0.15) is 41.5 Å². The Kier molecular flexibility index (Phi) is 4.70. The maximum absolute atomic E-state index is 4.50. The van der Waals surface area contributed by atoms with Crippen molar-refractivity contribution in [3.8, 4) is 0 Å². The summed E-state index contributed by atoms with van der Waals surface area (Å²) in [6.07, 6.45) is 2.36. The maximum atomic E-state index is 4.50. The van der Waals surface area contributed by atoms with Crippen LogP contribution in [0.25, 0.3) is 0 Å². The predicted molar refractivity (Wildman–Crippen MR) is 97.9 cm³/mol. The highest BCUT2D eigenvalue weighted by molar-refractivity contribution is 9.10. The molecule has 1 saturated heterocycles. The van der Waals surface area contributed by atoms with Crippen LogP contribution in [0.5, 0.6) is 0 Å². The van der Waals surface area contributed by atoms with Crippen molar-refractivity contribution in [2.45, 2.75) is 45.3 Å². The lowest BCUT2D eigenvalue weighted by molar-refractivity contribution is 0.199. The number of aromatic nitrogens is 3. The van der Waals surface area contributed by atoms with Gasteiger partial charge in [0.1, 0.15) is 11.6 Å². The Morgan fingerprint density at radius 1 is 1.21 bits per heavy atom. The highest BCUT2D eigenvalue weighted by atomic mass is 79.9. The summed E-state index contributed by atoms with van der Waals surface area (Å²) in [4.78, 5) is 2.57. The van der Waals surface area contributed by atoms with Crippen LogP contribution in [0.15, 0.2) is 22.7 Å². The number of nitrogens with zero attached hydrogens (tertiary/aromatic N) is 4. The van der Waals surface area contributed by atoms with Gasteiger partial charge in [-0.25, -0.2) is 0 Å². The summed E-state index contributed by atoms with van der Waals surface area (Å²) in [5.74, 6) is 2.88. The largest absolute Gasteiger partial charge is 0.312 e. The quantitative estimate of drug-likeness (QED) is 0.876. The van der Waals surface area contributed by atoms with Crippen LogP contribution in [-0.2, 0) is 19.6 Å². The SMILES string of the molecule is Cc1cc(Br)ccc1CN1CCC(c2nnc3n2CCNC3)CC1. The average Bonchev–Trinajstić information content (AvgIpc) is 3.02. The minimum absolute atomic E-state index is 0.562. The first-order valence-corrected chi connectivity index (χ1v) is 9.60. The Labute approximate surface area is 151 Å². The van der Waals surface area contributed by atoms with E-state index in [-0.39, 0.29) is 0 Å². The lowest BCUT2D eigenvalue weighted by Crippen LogP contribution is -2.34. The van der Waals surface area contributed by atoms with Gasteiger partial charge in [0, 0.05) is 30.0 Å². The maximum Gasteiger partial charge on any atom is 0.147 e. The van der Waals surface area contributed by atoms with Crippen LogP contribution in [0, 0.1) is 6.92 Å². The van der Waals surface area contributed by atoms with Gasteiger partial charge in [-0.1, -0.05) is 22.0 Å². The van der Waals surface area contributed by atoms with Crippen molar-refractivity contribution in [3.05, 3.63) is 45.4 Å². The highest BCUT2D eigenvalue weighted by Gasteiger charge is 2.27. The van der Waals surface area contributed by atoms with Gasteiger partial charge in [-0.2, -0.15) is 0 Å². The Bertz CT molecular complexity index is 718. The zero-order valence-corrected chi connectivity index (χ0v) is 15.7. The van der Waals surface area contributed by atoms with Crippen LogP contribution >= 0.6 is 15.9 Å². The van der Waals surface area contributed by atoms with Crippen LogP contribution in [0.3, 0.4) is 0 Å². The monoisotopic (exact) mass is 389 g/mol. The number of piperidine rings is 1. The van der Waals surface area contributed by atoms with Crippen molar-refractivity contribution in [2.24, 2.45) is 0 Å². The van der Waals surface area contributed by atoms with E-state index in [9.17, 15) is 0 Å². The van der Waals surface area contributed by atoms with Crippen LogP contribution in [0.2, 0.25) is 0 Å². The molecule has 6 heteroatoms. The summed E-state index contributed by atoms with van der Waals surface area (Å²) < 4.78 is 3.50. The smallest absolute Gasteiger partial charge is 0.147 e. The first-order valence-electron chi connectivity index (χ1n) is 8.81. The zero-order valence-electron chi connectivity index (χ0n) is 14.1. The number of rotatable bonds is 3. The normalized spacial score (nSPS) is 19.4. The molecule has 1 aromatic carbocycles. The number of benzene rings is 1. The minimum Gasteiger partial charge on any atom is -0.312 e. The molecule has 128 valence electrons. The number of nitrogens with one attached hydrogen (secondary N) is 1. The second-order valence-corrected chi connectivity index (χ2v) is 7.84. The summed E-state index contributed by atoms with van der Waals surface area (Å²) in [7, 11) is 0. The third kappa shape index (κ3) is 3.27. The van der Waals surface area contributed by atoms with Crippen LogP contribution < -0.4 is 5.32 Å². The van der Waals surface area contributed by atoms with Crippen molar-refractivity contribution in [1.29, 1.82) is 0 Å². The first-order chi connectivity index (χ1) is 11.7. The molecule has 24 heavy (non-hydrogen) atoms. The third-order valence-corrected chi connectivity index (χ3v) is 5.80. The first kappa shape index (κ1) is 16.2. The van der Waals surface area contributed by atoms with Crippen molar-refractivity contribution in [2.75, 3.05) is 19.6 Å². The topological polar surface area (TPSA) is 46.0 Å². The molecular weight excluding hydrogens is 366 g/mol.